The average Bonchev–Trinajstić information content (AvgIpc) is 3.42. The van der Waals surface area contributed by atoms with E-state index in [0.29, 0.717) is 13.1 Å². The van der Waals surface area contributed by atoms with Crippen molar-refractivity contribution in [1.82, 2.24) is 20.4 Å². The molecule has 1 saturated carbocycles. The quantitative estimate of drug-likeness (QED) is 0.123. The van der Waals surface area contributed by atoms with Gasteiger partial charge in [-0.25, -0.2) is 0 Å². The third-order valence-electron chi connectivity index (χ3n) is 7.35. The zero-order valence-electron chi connectivity index (χ0n) is 18.9. The van der Waals surface area contributed by atoms with Crippen LogP contribution in [-0.4, -0.2) is 73.9 Å². The van der Waals surface area contributed by atoms with E-state index in [4.69, 9.17) is 0 Å². The summed E-state index contributed by atoms with van der Waals surface area (Å²) in [4.78, 5) is 33.8. The van der Waals surface area contributed by atoms with Gasteiger partial charge in [0.15, 0.2) is 5.96 Å². The summed E-state index contributed by atoms with van der Waals surface area (Å²) >= 11 is 0. The Morgan fingerprint density at radius 2 is 1.74 bits per heavy atom. The number of guanidine groups is 1. The minimum atomic E-state index is -0.104. The van der Waals surface area contributed by atoms with Gasteiger partial charge in [-0.2, -0.15) is 0 Å². The number of fused-ring (bicyclic) bond motifs is 5. The normalized spacial score (nSPS) is 32.4. The van der Waals surface area contributed by atoms with Crippen LogP contribution in [0.1, 0.15) is 39.0 Å². The van der Waals surface area contributed by atoms with Crippen molar-refractivity contribution in [2.45, 2.75) is 39.0 Å². The van der Waals surface area contributed by atoms with E-state index in [9.17, 15) is 9.59 Å². The number of halogens is 1. The molecule has 0 spiro atoms. The van der Waals surface area contributed by atoms with Crippen molar-refractivity contribution in [2.75, 3.05) is 46.3 Å². The maximum absolute atomic E-state index is 12.7. The van der Waals surface area contributed by atoms with Crippen molar-refractivity contribution in [3.8, 4) is 0 Å². The second-order valence-corrected chi connectivity index (χ2v) is 9.51. The lowest BCUT2D eigenvalue weighted by Gasteiger charge is -2.30. The highest BCUT2D eigenvalue weighted by Gasteiger charge is 2.58. The highest BCUT2D eigenvalue weighted by Crippen LogP contribution is 2.52. The number of nitrogens with zero attached hydrogens (tertiary/aromatic N) is 3. The number of rotatable bonds is 8. The van der Waals surface area contributed by atoms with Crippen LogP contribution in [0.4, 0.5) is 0 Å². The lowest BCUT2D eigenvalue weighted by molar-refractivity contribution is -0.140. The SMILES string of the molecule is CN=C(NCCCCN1CCCC(C)C1)NCCN1C(=O)C2C3C=CC(C3)C2C1=O.I. The number of hydrogen-bond acceptors (Lipinski definition) is 4. The van der Waals surface area contributed by atoms with Crippen LogP contribution in [0, 0.1) is 29.6 Å². The first-order valence-corrected chi connectivity index (χ1v) is 11.8. The molecule has 4 rings (SSSR count). The number of nitrogens with one attached hydrogen (secondary N) is 2. The van der Waals surface area contributed by atoms with Gasteiger partial charge in [-0.15, -0.1) is 24.0 Å². The van der Waals surface area contributed by atoms with Crippen molar-refractivity contribution in [3.05, 3.63) is 12.2 Å². The highest BCUT2D eigenvalue weighted by atomic mass is 127. The van der Waals surface area contributed by atoms with Gasteiger partial charge in [-0.3, -0.25) is 19.5 Å². The number of amides is 2. The van der Waals surface area contributed by atoms with Crippen molar-refractivity contribution in [2.24, 2.45) is 34.6 Å². The van der Waals surface area contributed by atoms with Gasteiger partial charge in [0.25, 0.3) is 0 Å². The molecule has 2 bridgehead atoms. The number of carbonyl (C=O) groups excluding carboxylic acids is 2. The summed E-state index contributed by atoms with van der Waals surface area (Å²) in [7, 11) is 1.75. The van der Waals surface area contributed by atoms with Crippen molar-refractivity contribution >= 4 is 41.8 Å². The van der Waals surface area contributed by atoms with E-state index in [0.717, 1.165) is 31.3 Å². The zero-order chi connectivity index (χ0) is 21.1. The molecular formula is C23H38IN5O2. The van der Waals surface area contributed by atoms with Gasteiger partial charge < -0.3 is 15.5 Å². The maximum atomic E-state index is 12.7. The molecule has 0 aromatic heterocycles. The second-order valence-electron chi connectivity index (χ2n) is 9.51. The Kier molecular flexibility index (Phi) is 8.78. The molecule has 31 heavy (non-hydrogen) atoms. The lowest BCUT2D eigenvalue weighted by atomic mass is 9.85. The van der Waals surface area contributed by atoms with Crippen LogP contribution >= 0.6 is 24.0 Å². The summed E-state index contributed by atoms with van der Waals surface area (Å²) in [5.74, 6) is 1.97. The fraction of sp³-hybridized carbons (Fsp3) is 0.783. The van der Waals surface area contributed by atoms with Crippen molar-refractivity contribution < 1.29 is 9.59 Å². The Labute approximate surface area is 203 Å². The zero-order valence-corrected chi connectivity index (χ0v) is 21.2. The number of hydrogen-bond donors (Lipinski definition) is 2. The summed E-state index contributed by atoms with van der Waals surface area (Å²) in [5, 5.41) is 6.60. The van der Waals surface area contributed by atoms with E-state index in [1.807, 2.05) is 0 Å². The van der Waals surface area contributed by atoms with Crippen molar-refractivity contribution in [1.29, 1.82) is 0 Å². The predicted molar refractivity (Wildman–Crippen MR) is 133 cm³/mol. The largest absolute Gasteiger partial charge is 0.356 e. The van der Waals surface area contributed by atoms with Gasteiger partial charge >= 0.3 is 0 Å². The van der Waals surface area contributed by atoms with Crippen LogP contribution in [0.3, 0.4) is 0 Å². The summed E-state index contributed by atoms with van der Waals surface area (Å²) in [6.45, 7) is 7.83. The van der Waals surface area contributed by atoms with Gasteiger partial charge in [-0.1, -0.05) is 19.1 Å². The Morgan fingerprint density at radius 1 is 1.06 bits per heavy atom. The Hall–Kier alpha value is -1.16. The molecule has 2 amide bonds. The molecule has 8 heteroatoms. The number of aliphatic imine (C=N–C) groups is 1. The Bertz CT molecular complexity index is 682. The molecule has 0 radical (unpaired) electrons. The molecular weight excluding hydrogens is 505 g/mol. The number of likely N-dealkylation sites (tertiary alicyclic amines) is 2. The van der Waals surface area contributed by atoms with Crippen LogP contribution in [0.5, 0.6) is 0 Å². The van der Waals surface area contributed by atoms with Crippen LogP contribution in [-0.2, 0) is 9.59 Å². The van der Waals surface area contributed by atoms with Crippen LogP contribution < -0.4 is 10.6 Å². The molecule has 7 nitrogen and oxygen atoms in total. The van der Waals surface area contributed by atoms with Crippen molar-refractivity contribution in [3.63, 3.8) is 0 Å². The summed E-state index contributed by atoms with van der Waals surface area (Å²) in [6.07, 6.45) is 10.2. The molecule has 2 aliphatic carbocycles. The molecule has 174 valence electrons. The molecule has 0 aromatic rings. The monoisotopic (exact) mass is 543 g/mol. The molecule has 5 unspecified atom stereocenters. The van der Waals surface area contributed by atoms with Gasteiger partial charge in [0, 0.05) is 33.2 Å². The van der Waals surface area contributed by atoms with Crippen LogP contribution in [0.25, 0.3) is 0 Å². The van der Waals surface area contributed by atoms with Gasteiger partial charge in [0.1, 0.15) is 0 Å². The van der Waals surface area contributed by atoms with E-state index < -0.39 is 0 Å². The average molecular weight is 543 g/mol. The molecule has 3 fully saturated rings. The smallest absolute Gasteiger partial charge is 0.233 e. The second kappa shape index (κ2) is 11.1. The van der Waals surface area contributed by atoms with Crippen LogP contribution in [0.15, 0.2) is 17.1 Å². The van der Waals surface area contributed by atoms with Crippen LogP contribution in [0.2, 0.25) is 0 Å². The summed E-state index contributed by atoms with van der Waals surface area (Å²) in [5.41, 5.74) is 0. The fourth-order valence-electron chi connectivity index (χ4n) is 5.85. The molecule has 5 atom stereocenters. The summed E-state index contributed by atoms with van der Waals surface area (Å²) in [6, 6.07) is 0. The molecule has 2 aliphatic heterocycles. The topological polar surface area (TPSA) is 77.0 Å². The predicted octanol–water partition coefficient (Wildman–Crippen LogP) is 2.09. The third kappa shape index (κ3) is 5.43. The molecule has 2 saturated heterocycles. The number of piperidine rings is 1. The van der Waals surface area contributed by atoms with E-state index in [1.165, 1.54) is 43.8 Å². The molecule has 0 aromatic carbocycles. The lowest BCUT2D eigenvalue weighted by Crippen LogP contribution is -2.44. The first-order valence-electron chi connectivity index (χ1n) is 11.8. The third-order valence-corrected chi connectivity index (χ3v) is 7.35. The Balaban J connectivity index is 0.00000272. The molecule has 2 N–H and O–H groups in total. The fourth-order valence-corrected chi connectivity index (χ4v) is 5.85. The number of imide groups is 1. The first kappa shape index (κ1) is 24.5. The maximum Gasteiger partial charge on any atom is 0.233 e. The van der Waals surface area contributed by atoms with E-state index in [1.54, 1.807) is 7.05 Å². The minimum Gasteiger partial charge on any atom is -0.356 e. The number of unbranched alkanes of at least 4 members (excludes halogenated alkanes) is 1. The number of allylic oxidation sites excluding steroid dienone is 2. The van der Waals surface area contributed by atoms with E-state index in [-0.39, 0.29) is 59.5 Å². The van der Waals surface area contributed by atoms with Gasteiger partial charge in [-0.05, 0) is 62.9 Å². The highest BCUT2D eigenvalue weighted by molar-refractivity contribution is 14.0. The van der Waals surface area contributed by atoms with E-state index >= 15 is 0 Å². The first-order chi connectivity index (χ1) is 14.6. The molecule has 4 aliphatic rings. The van der Waals surface area contributed by atoms with E-state index in [2.05, 4.69) is 39.6 Å². The number of carbonyl (C=O) groups is 2. The summed E-state index contributed by atoms with van der Waals surface area (Å²) < 4.78 is 0. The molecule has 2 heterocycles. The minimum absolute atomic E-state index is 0. The van der Waals surface area contributed by atoms with Gasteiger partial charge in [0.2, 0.25) is 11.8 Å². The Morgan fingerprint density at radius 3 is 2.39 bits per heavy atom. The van der Waals surface area contributed by atoms with Gasteiger partial charge in [0.05, 0.1) is 11.8 Å². The standard InChI is InChI=1S/C23H37N5O2.HI/c1-16-6-5-12-27(15-16)11-4-3-9-25-23(24-2)26-10-13-28-21(29)19-17-7-8-18(14-17)20(19)22(28)30;/h7-8,16-20H,3-6,9-15H2,1-2H3,(H2,24,25,26);1H.